The van der Waals surface area contributed by atoms with Crippen LogP contribution >= 0.6 is 11.6 Å². The van der Waals surface area contributed by atoms with Crippen molar-refractivity contribution in [3.05, 3.63) is 53.3 Å². The highest BCUT2D eigenvalue weighted by molar-refractivity contribution is 7.82. The van der Waals surface area contributed by atoms with Gasteiger partial charge in [-0.3, -0.25) is 4.57 Å². The van der Waals surface area contributed by atoms with Gasteiger partial charge in [-0.1, -0.05) is 34.0 Å². The molecule has 0 bridgehead atoms. The maximum Gasteiger partial charge on any atom is 0.502 e. The minimum atomic E-state index is -4.20. The molecule has 1 aromatic carbocycles. The van der Waals surface area contributed by atoms with Gasteiger partial charge in [0, 0.05) is 29.9 Å². The predicted octanol–water partition coefficient (Wildman–Crippen LogP) is 3.34. The SMILES string of the molecule is C[C@@H](Oc1nnc(-c2ccnc3c2OS(=O)(=O)O3)n1C)c1cc(-c2cccc(Cl)c2)on1. The van der Waals surface area contributed by atoms with Crippen LogP contribution in [-0.2, 0) is 17.4 Å². The summed E-state index contributed by atoms with van der Waals surface area (Å²) < 4.78 is 45.7. The van der Waals surface area contributed by atoms with E-state index in [1.165, 1.54) is 12.3 Å². The van der Waals surface area contributed by atoms with Gasteiger partial charge >= 0.3 is 16.4 Å². The molecule has 0 unspecified atom stereocenters. The molecule has 4 aromatic rings. The summed E-state index contributed by atoms with van der Waals surface area (Å²) in [5.41, 5.74) is 1.66. The van der Waals surface area contributed by atoms with Crippen LogP contribution in [-0.4, -0.2) is 33.3 Å². The lowest BCUT2D eigenvalue weighted by molar-refractivity contribution is 0.190. The second kappa shape index (κ2) is 7.50. The molecule has 5 rings (SSSR count). The second-order valence-electron chi connectivity index (χ2n) is 6.82. The molecule has 4 heterocycles. The number of aromatic nitrogens is 5. The summed E-state index contributed by atoms with van der Waals surface area (Å²) in [6.45, 7) is 1.78. The van der Waals surface area contributed by atoms with Crippen molar-refractivity contribution in [1.82, 2.24) is 24.9 Å². The summed E-state index contributed by atoms with van der Waals surface area (Å²) in [4.78, 5) is 3.86. The Morgan fingerprint density at radius 2 is 2.00 bits per heavy atom. The van der Waals surface area contributed by atoms with Crippen molar-refractivity contribution < 1.29 is 26.0 Å². The molecular weight excluding hydrogens is 462 g/mol. The minimum Gasteiger partial charge on any atom is -0.454 e. The van der Waals surface area contributed by atoms with Crippen LogP contribution in [0.15, 0.2) is 47.1 Å². The average molecular weight is 476 g/mol. The predicted molar refractivity (Wildman–Crippen MR) is 110 cm³/mol. The van der Waals surface area contributed by atoms with E-state index in [0.717, 1.165) is 5.56 Å². The Kier molecular flexibility index (Phi) is 4.75. The van der Waals surface area contributed by atoms with E-state index in [-0.39, 0.29) is 17.6 Å². The van der Waals surface area contributed by atoms with Crippen LogP contribution in [0.25, 0.3) is 22.7 Å². The number of hydrogen-bond acceptors (Lipinski definition) is 10. The Balaban J connectivity index is 1.39. The lowest BCUT2D eigenvalue weighted by atomic mass is 10.1. The molecule has 0 spiro atoms. The van der Waals surface area contributed by atoms with Gasteiger partial charge in [0.25, 0.3) is 5.88 Å². The first kappa shape index (κ1) is 20.3. The zero-order valence-electron chi connectivity index (χ0n) is 16.6. The molecule has 13 heteroatoms. The Morgan fingerprint density at radius 1 is 1.16 bits per heavy atom. The molecule has 0 amide bonds. The number of hydrogen-bond donors (Lipinski definition) is 0. The van der Waals surface area contributed by atoms with Crippen LogP contribution in [0, 0.1) is 0 Å². The first-order valence-electron chi connectivity index (χ1n) is 9.22. The van der Waals surface area contributed by atoms with E-state index in [0.29, 0.717) is 27.9 Å². The van der Waals surface area contributed by atoms with Crippen molar-refractivity contribution in [2.75, 3.05) is 0 Å². The number of pyridine rings is 1. The summed E-state index contributed by atoms with van der Waals surface area (Å²) in [7, 11) is -2.54. The average Bonchev–Trinajstić information content (AvgIpc) is 3.44. The van der Waals surface area contributed by atoms with Crippen LogP contribution in [0.1, 0.15) is 18.7 Å². The quantitative estimate of drug-likeness (QED) is 0.423. The fourth-order valence-electron chi connectivity index (χ4n) is 3.09. The van der Waals surface area contributed by atoms with Gasteiger partial charge in [0.05, 0.1) is 5.56 Å². The lowest BCUT2D eigenvalue weighted by Gasteiger charge is -2.11. The van der Waals surface area contributed by atoms with E-state index in [1.807, 2.05) is 12.1 Å². The molecular formula is C19H14ClN5O6S. The lowest BCUT2D eigenvalue weighted by Crippen LogP contribution is -2.08. The molecule has 0 fully saturated rings. The highest BCUT2D eigenvalue weighted by Gasteiger charge is 2.34. The maximum absolute atomic E-state index is 11.6. The largest absolute Gasteiger partial charge is 0.502 e. The normalized spacial score (nSPS) is 15.0. The molecule has 0 aliphatic carbocycles. The van der Waals surface area contributed by atoms with Crippen LogP contribution in [0.5, 0.6) is 17.6 Å². The van der Waals surface area contributed by atoms with Gasteiger partial charge in [0.2, 0.25) is 5.75 Å². The molecule has 32 heavy (non-hydrogen) atoms. The van der Waals surface area contributed by atoms with Gasteiger partial charge in [0.15, 0.2) is 11.6 Å². The molecule has 0 radical (unpaired) electrons. The number of benzene rings is 1. The number of rotatable bonds is 5. The van der Waals surface area contributed by atoms with Crippen molar-refractivity contribution in [3.8, 4) is 40.4 Å². The molecule has 3 aromatic heterocycles. The fraction of sp³-hybridized carbons (Fsp3) is 0.158. The third-order valence-electron chi connectivity index (χ3n) is 4.65. The van der Waals surface area contributed by atoms with E-state index < -0.39 is 16.5 Å². The Bertz CT molecular complexity index is 1430. The van der Waals surface area contributed by atoms with Gasteiger partial charge in [-0.05, 0) is 25.1 Å². The molecule has 1 aliphatic rings. The van der Waals surface area contributed by atoms with Crippen molar-refractivity contribution in [1.29, 1.82) is 0 Å². The molecule has 1 aliphatic heterocycles. The third kappa shape index (κ3) is 3.63. The van der Waals surface area contributed by atoms with E-state index in [1.54, 1.807) is 36.7 Å². The zero-order valence-corrected chi connectivity index (χ0v) is 18.2. The minimum absolute atomic E-state index is 0.0646. The third-order valence-corrected chi connectivity index (χ3v) is 5.62. The Hall–Kier alpha value is -3.64. The van der Waals surface area contributed by atoms with Crippen LogP contribution in [0.4, 0.5) is 0 Å². The number of ether oxygens (including phenoxy) is 1. The number of nitrogens with zero attached hydrogens (tertiary/aromatic N) is 5. The molecule has 0 saturated carbocycles. The van der Waals surface area contributed by atoms with Gasteiger partial charge in [-0.2, -0.15) is 0 Å². The van der Waals surface area contributed by atoms with Crippen molar-refractivity contribution in [2.45, 2.75) is 13.0 Å². The summed E-state index contributed by atoms with van der Waals surface area (Å²) in [6.07, 6.45) is 0.855. The van der Waals surface area contributed by atoms with Crippen molar-refractivity contribution in [2.24, 2.45) is 7.05 Å². The van der Waals surface area contributed by atoms with E-state index >= 15 is 0 Å². The van der Waals surface area contributed by atoms with Crippen LogP contribution < -0.4 is 13.1 Å². The molecule has 0 saturated heterocycles. The van der Waals surface area contributed by atoms with Gasteiger partial charge in [-0.25, -0.2) is 4.98 Å². The highest BCUT2D eigenvalue weighted by Crippen LogP contribution is 2.41. The fourth-order valence-corrected chi connectivity index (χ4v) is 3.99. The standard InChI is InChI=1S/C19H14ClN5O6S/c1-10(14-9-15(29-24-14)11-4-3-5-12(20)8-11)28-19-23-22-17(25(19)2)13-6-7-21-18-16(13)30-32(26,27)31-18/h3-10H,1-2H3/t10-/m1/s1. The summed E-state index contributed by atoms with van der Waals surface area (Å²) in [5, 5.41) is 12.8. The first-order valence-corrected chi connectivity index (χ1v) is 10.9. The smallest absolute Gasteiger partial charge is 0.454 e. The first-order chi connectivity index (χ1) is 15.3. The van der Waals surface area contributed by atoms with Crippen LogP contribution in [0.3, 0.4) is 0 Å². The van der Waals surface area contributed by atoms with Gasteiger partial charge < -0.3 is 17.6 Å². The van der Waals surface area contributed by atoms with E-state index in [9.17, 15) is 8.42 Å². The summed E-state index contributed by atoms with van der Waals surface area (Å²) in [6, 6.07) is 10.7. The van der Waals surface area contributed by atoms with Gasteiger partial charge in [0.1, 0.15) is 11.8 Å². The number of halogens is 1. The molecule has 1 atom stereocenters. The molecule has 11 nitrogen and oxygen atoms in total. The topological polar surface area (TPSA) is 131 Å². The highest BCUT2D eigenvalue weighted by atomic mass is 35.5. The Morgan fingerprint density at radius 3 is 2.81 bits per heavy atom. The zero-order chi connectivity index (χ0) is 22.5. The van der Waals surface area contributed by atoms with Crippen molar-refractivity contribution in [3.63, 3.8) is 0 Å². The van der Waals surface area contributed by atoms with E-state index in [2.05, 4.69) is 20.3 Å². The second-order valence-corrected chi connectivity index (χ2v) is 8.41. The molecule has 164 valence electrons. The maximum atomic E-state index is 11.6. The van der Waals surface area contributed by atoms with Crippen molar-refractivity contribution >= 4 is 22.0 Å². The summed E-state index contributed by atoms with van der Waals surface area (Å²) >= 11 is 6.03. The van der Waals surface area contributed by atoms with E-state index in [4.69, 9.17) is 29.2 Å². The monoisotopic (exact) mass is 475 g/mol. The van der Waals surface area contributed by atoms with Crippen LogP contribution in [0.2, 0.25) is 5.02 Å². The summed E-state index contributed by atoms with van der Waals surface area (Å²) in [5.74, 6) is 0.608. The number of fused-ring (bicyclic) bond motifs is 1. The Labute approximate surface area is 186 Å². The van der Waals surface area contributed by atoms with Gasteiger partial charge in [-0.15, -0.1) is 13.5 Å². The molecule has 0 N–H and O–H groups in total.